The van der Waals surface area contributed by atoms with Crippen LogP contribution >= 0.6 is 0 Å². The van der Waals surface area contributed by atoms with Crippen molar-refractivity contribution < 1.29 is 14.3 Å². The fourth-order valence-electron chi connectivity index (χ4n) is 3.12. The molecule has 0 aliphatic heterocycles. The summed E-state index contributed by atoms with van der Waals surface area (Å²) in [6.07, 6.45) is 1.94. The monoisotopic (exact) mass is 395 g/mol. The van der Waals surface area contributed by atoms with Gasteiger partial charge in [-0.3, -0.25) is 4.79 Å². The minimum absolute atomic E-state index is 0.0177. The SMILES string of the molecule is CC(C)(C)[Si](C)(C)Oc1cccc2c1c(CC(=O)O)cn2Cc1ccccc1. The molecule has 1 N–H and O–H groups in total. The van der Waals surface area contributed by atoms with E-state index in [0.29, 0.717) is 6.54 Å². The van der Waals surface area contributed by atoms with Crippen molar-refractivity contribution in [1.29, 1.82) is 0 Å². The zero-order valence-electron chi connectivity index (χ0n) is 17.3. The van der Waals surface area contributed by atoms with E-state index in [1.165, 1.54) is 5.56 Å². The lowest BCUT2D eigenvalue weighted by atomic mass is 10.1. The number of aliphatic carboxylic acids is 1. The number of nitrogens with zero attached hydrogens (tertiary/aromatic N) is 1. The van der Waals surface area contributed by atoms with Gasteiger partial charge in [-0.1, -0.05) is 57.2 Å². The van der Waals surface area contributed by atoms with Gasteiger partial charge in [0.15, 0.2) is 0 Å². The maximum Gasteiger partial charge on any atom is 0.307 e. The second-order valence-corrected chi connectivity index (χ2v) is 13.6. The lowest BCUT2D eigenvalue weighted by molar-refractivity contribution is -0.136. The Balaban J connectivity index is 2.12. The Labute approximate surface area is 167 Å². The summed E-state index contributed by atoms with van der Waals surface area (Å²) in [4.78, 5) is 11.5. The summed E-state index contributed by atoms with van der Waals surface area (Å²) in [5.74, 6) is -0.0342. The highest BCUT2D eigenvalue weighted by molar-refractivity contribution is 6.74. The van der Waals surface area contributed by atoms with Crippen LogP contribution in [0.2, 0.25) is 18.1 Å². The molecule has 28 heavy (non-hydrogen) atoms. The topological polar surface area (TPSA) is 51.5 Å². The first kappa shape index (κ1) is 20.2. The van der Waals surface area contributed by atoms with Crippen LogP contribution in [0, 0.1) is 0 Å². The number of carbonyl (C=O) groups is 1. The van der Waals surface area contributed by atoms with Crippen molar-refractivity contribution >= 4 is 25.2 Å². The molecule has 1 heterocycles. The third kappa shape index (κ3) is 4.14. The van der Waals surface area contributed by atoms with E-state index in [9.17, 15) is 9.90 Å². The molecule has 0 atom stereocenters. The molecular formula is C23H29NO3Si. The number of fused-ring (bicyclic) bond motifs is 1. The normalized spacial score (nSPS) is 12.3. The summed E-state index contributed by atoms with van der Waals surface area (Å²) in [5, 5.41) is 10.4. The molecule has 0 radical (unpaired) electrons. The van der Waals surface area contributed by atoms with E-state index in [0.717, 1.165) is 22.2 Å². The first-order valence-corrected chi connectivity index (χ1v) is 12.5. The molecule has 0 amide bonds. The van der Waals surface area contributed by atoms with Crippen LogP contribution in [0.1, 0.15) is 31.9 Å². The Kier molecular flexibility index (Phi) is 5.39. The Morgan fingerprint density at radius 2 is 1.75 bits per heavy atom. The van der Waals surface area contributed by atoms with Crippen LogP contribution in [0.3, 0.4) is 0 Å². The Bertz CT molecular complexity index is 984. The van der Waals surface area contributed by atoms with Crippen molar-refractivity contribution in [2.75, 3.05) is 0 Å². The van der Waals surface area contributed by atoms with Crippen LogP contribution in [0.5, 0.6) is 5.75 Å². The molecule has 3 aromatic rings. The molecule has 2 aromatic carbocycles. The van der Waals surface area contributed by atoms with Gasteiger partial charge in [-0.2, -0.15) is 0 Å². The molecule has 5 heteroatoms. The minimum Gasteiger partial charge on any atom is -0.543 e. The number of rotatable bonds is 6. The molecule has 0 fully saturated rings. The molecule has 0 aliphatic carbocycles. The first-order chi connectivity index (χ1) is 13.1. The van der Waals surface area contributed by atoms with Crippen molar-refractivity contribution in [3.05, 3.63) is 65.9 Å². The molecule has 0 aliphatic rings. The van der Waals surface area contributed by atoms with E-state index >= 15 is 0 Å². The van der Waals surface area contributed by atoms with E-state index in [1.807, 2.05) is 42.6 Å². The smallest absolute Gasteiger partial charge is 0.307 e. The van der Waals surface area contributed by atoms with E-state index in [4.69, 9.17) is 4.43 Å². The Hall–Kier alpha value is -2.53. The standard InChI is InChI=1S/C23H29NO3Si/c1-23(2,3)28(4,5)27-20-13-9-12-19-22(20)18(14-21(25)26)16-24(19)15-17-10-7-6-8-11-17/h6-13,16H,14-15H2,1-5H3,(H,25,26). The molecule has 4 nitrogen and oxygen atoms in total. The van der Waals surface area contributed by atoms with E-state index in [1.54, 1.807) is 0 Å². The van der Waals surface area contributed by atoms with Crippen LogP contribution in [-0.4, -0.2) is 24.0 Å². The van der Waals surface area contributed by atoms with Crippen molar-refractivity contribution in [3.8, 4) is 5.75 Å². The van der Waals surface area contributed by atoms with Gasteiger partial charge in [-0.15, -0.1) is 0 Å². The molecule has 148 valence electrons. The van der Waals surface area contributed by atoms with Crippen molar-refractivity contribution in [2.24, 2.45) is 0 Å². The van der Waals surface area contributed by atoms with Crippen molar-refractivity contribution in [1.82, 2.24) is 4.57 Å². The van der Waals surface area contributed by atoms with E-state index in [2.05, 4.69) is 50.6 Å². The minimum atomic E-state index is -2.05. The van der Waals surface area contributed by atoms with Gasteiger partial charge in [0.05, 0.1) is 11.9 Å². The van der Waals surface area contributed by atoms with Crippen LogP contribution in [0.15, 0.2) is 54.7 Å². The largest absolute Gasteiger partial charge is 0.543 e. The van der Waals surface area contributed by atoms with Gasteiger partial charge in [0.1, 0.15) is 5.75 Å². The lowest BCUT2D eigenvalue weighted by Gasteiger charge is -2.36. The summed E-state index contributed by atoms with van der Waals surface area (Å²) in [6.45, 7) is 11.7. The maximum atomic E-state index is 11.5. The zero-order chi connectivity index (χ0) is 20.5. The molecule has 0 saturated heterocycles. The molecule has 0 spiro atoms. The Morgan fingerprint density at radius 3 is 2.36 bits per heavy atom. The lowest BCUT2D eigenvalue weighted by Crippen LogP contribution is -2.43. The maximum absolute atomic E-state index is 11.5. The number of hydrogen-bond acceptors (Lipinski definition) is 2. The molecular weight excluding hydrogens is 366 g/mol. The van der Waals surface area contributed by atoms with Gasteiger partial charge in [0.25, 0.3) is 8.32 Å². The summed E-state index contributed by atoms with van der Waals surface area (Å²) in [5.41, 5.74) is 2.99. The van der Waals surface area contributed by atoms with E-state index in [-0.39, 0.29) is 11.5 Å². The predicted octanol–water partition coefficient (Wildman–Crippen LogP) is 5.70. The fraction of sp³-hybridized carbons (Fsp3) is 0.348. The highest BCUT2D eigenvalue weighted by Crippen LogP contribution is 2.40. The average molecular weight is 396 g/mol. The van der Waals surface area contributed by atoms with Gasteiger partial charge in [0, 0.05) is 18.1 Å². The molecule has 0 saturated carbocycles. The van der Waals surface area contributed by atoms with Gasteiger partial charge in [0.2, 0.25) is 0 Å². The van der Waals surface area contributed by atoms with Crippen LogP contribution in [0.25, 0.3) is 10.9 Å². The number of carboxylic acid groups (broad SMARTS) is 1. The summed E-state index contributed by atoms with van der Waals surface area (Å²) < 4.78 is 8.72. The zero-order valence-corrected chi connectivity index (χ0v) is 18.3. The van der Waals surface area contributed by atoms with Crippen molar-refractivity contribution in [3.63, 3.8) is 0 Å². The summed E-state index contributed by atoms with van der Waals surface area (Å²) >= 11 is 0. The highest BCUT2D eigenvalue weighted by atomic mass is 28.4. The van der Waals surface area contributed by atoms with Gasteiger partial charge in [-0.05, 0) is 41.4 Å². The molecule has 0 unspecified atom stereocenters. The number of hydrogen-bond donors (Lipinski definition) is 1. The quantitative estimate of drug-likeness (QED) is 0.545. The summed E-state index contributed by atoms with van der Waals surface area (Å²) in [6, 6.07) is 16.2. The highest BCUT2D eigenvalue weighted by Gasteiger charge is 2.39. The average Bonchev–Trinajstić information content (AvgIpc) is 2.92. The van der Waals surface area contributed by atoms with Crippen LogP contribution in [-0.2, 0) is 17.8 Å². The number of aromatic nitrogens is 1. The first-order valence-electron chi connectivity index (χ1n) is 9.64. The molecule has 0 bridgehead atoms. The third-order valence-electron chi connectivity index (χ3n) is 5.66. The van der Waals surface area contributed by atoms with Crippen LogP contribution in [0.4, 0.5) is 0 Å². The summed E-state index contributed by atoms with van der Waals surface area (Å²) in [7, 11) is -2.05. The molecule has 3 rings (SSSR count). The van der Waals surface area contributed by atoms with Gasteiger partial charge < -0.3 is 14.1 Å². The third-order valence-corrected chi connectivity index (χ3v) is 10.00. The fourth-order valence-corrected chi connectivity index (χ4v) is 4.15. The van der Waals surface area contributed by atoms with Crippen LogP contribution < -0.4 is 4.43 Å². The van der Waals surface area contributed by atoms with Gasteiger partial charge >= 0.3 is 5.97 Å². The molecule has 1 aromatic heterocycles. The Morgan fingerprint density at radius 1 is 1.07 bits per heavy atom. The number of benzene rings is 2. The second kappa shape index (κ2) is 7.47. The second-order valence-electron chi connectivity index (χ2n) is 8.85. The van der Waals surface area contributed by atoms with E-state index < -0.39 is 14.3 Å². The number of carboxylic acids is 1. The van der Waals surface area contributed by atoms with Gasteiger partial charge in [-0.25, -0.2) is 0 Å². The predicted molar refractivity (Wildman–Crippen MR) is 117 cm³/mol. The van der Waals surface area contributed by atoms with Crippen molar-refractivity contribution in [2.45, 2.75) is 51.9 Å².